The molecule has 0 saturated carbocycles. The van der Waals surface area contributed by atoms with Gasteiger partial charge in [-0.3, -0.25) is 14.6 Å². The quantitative estimate of drug-likeness (QED) is 0.0641. The van der Waals surface area contributed by atoms with E-state index in [-0.39, 0.29) is 31.4 Å². The molecule has 0 bridgehead atoms. The van der Waals surface area contributed by atoms with Gasteiger partial charge >= 0.3 is 6.09 Å². The summed E-state index contributed by atoms with van der Waals surface area (Å²) >= 11 is 0. The number of rotatable bonds is 17. The van der Waals surface area contributed by atoms with Crippen LogP contribution in [0, 0.1) is 23.7 Å². The predicted octanol–water partition coefficient (Wildman–Crippen LogP) is 7.10. The van der Waals surface area contributed by atoms with Crippen LogP contribution in [-0.2, 0) is 25.6 Å². The van der Waals surface area contributed by atoms with Crippen molar-refractivity contribution in [1.82, 2.24) is 35.7 Å². The number of carbonyl (C=O) groups excluding carboxylic acids is 3. The highest BCUT2D eigenvalue weighted by Gasteiger charge is 2.16. The third kappa shape index (κ3) is 19.7. The Labute approximate surface area is 352 Å². The number of imidazole rings is 1. The van der Waals surface area contributed by atoms with Crippen LogP contribution < -0.4 is 16.0 Å². The maximum absolute atomic E-state index is 13.0. The standard InChI is InChI=1S/C40H50N8O5.2C3H8/c1-7-12-37(52-5)44-27-39(50)48(23-9-3)29-36-43-26-33(46-36)20-18-31-14-11-15-34-30(13-10-16-35(31)34)17-19-32(41-4)25-42-21-24-47(22-8-2)38(49)28-45-40(51)53-6;2*1-3-2/h10-16,21,25-26,41,44H,7-9,22-24,27-29H2,1-6H3,(H,43,46)(H,45,51);2*3H2,1-2H3/b32-25-,37-12-,42-21?;;. The van der Waals surface area contributed by atoms with Crippen LogP contribution in [0.4, 0.5) is 4.79 Å². The smallest absolute Gasteiger partial charge is 0.407 e. The highest BCUT2D eigenvalue weighted by atomic mass is 16.5. The van der Waals surface area contributed by atoms with E-state index in [0.717, 1.165) is 41.2 Å². The van der Waals surface area contributed by atoms with Crippen LogP contribution in [-0.4, -0.2) is 97.9 Å². The van der Waals surface area contributed by atoms with Gasteiger partial charge in [0.1, 0.15) is 23.8 Å². The number of hydrogen-bond donors (Lipinski definition) is 4. The van der Waals surface area contributed by atoms with Gasteiger partial charge in [0.15, 0.2) is 5.88 Å². The molecular weight excluding hydrogens is 745 g/mol. The summed E-state index contributed by atoms with van der Waals surface area (Å²) in [5, 5.41) is 10.4. The number of H-pyrrole nitrogens is 1. The molecule has 0 atom stereocenters. The molecule has 0 aliphatic rings. The Morgan fingerprint density at radius 3 is 1.98 bits per heavy atom. The fraction of sp³-hybridized carbons (Fsp3) is 0.457. The van der Waals surface area contributed by atoms with Crippen LogP contribution in [0.2, 0.25) is 0 Å². The second-order valence-electron chi connectivity index (χ2n) is 13.0. The molecule has 4 N–H and O–H groups in total. The lowest BCUT2D eigenvalue weighted by molar-refractivity contribution is -0.131. The highest BCUT2D eigenvalue weighted by molar-refractivity contribution is 5.93. The fourth-order valence-electron chi connectivity index (χ4n) is 5.09. The van der Waals surface area contributed by atoms with Crippen LogP contribution in [0.5, 0.6) is 0 Å². The van der Waals surface area contributed by atoms with Crippen molar-refractivity contribution in [2.45, 2.75) is 87.1 Å². The van der Waals surface area contributed by atoms with E-state index in [0.29, 0.717) is 42.7 Å². The van der Waals surface area contributed by atoms with Crippen molar-refractivity contribution >= 4 is 34.9 Å². The molecule has 0 aliphatic carbocycles. The maximum Gasteiger partial charge on any atom is 0.407 e. The summed E-state index contributed by atoms with van der Waals surface area (Å²) in [6.45, 7) is 16.2. The lowest BCUT2D eigenvalue weighted by Gasteiger charge is -2.21. The van der Waals surface area contributed by atoms with Gasteiger partial charge in [-0.25, -0.2) is 9.78 Å². The Morgan fingerprint density at radius 2 is 1.41 bits per heavy atom. The molecule has 1 aromatic heterocycles. The topological polar surface area (TPSA) is 153 Å². The molecule has 0 fully saturated rings. The molecule has 0 spiro atoms. The first-order valence-corrected chi connectivity index (χ1v) is 20.4. The zero-order valence-electron chi connectivity index (χ0n) is 36.9. The summed E-state index contributed by atoms with van der Waals surface area (Å²) in [7, 11) is 4.58. The minimum absolute atomic E-state index is 0.0513. The minimum atomic E-state index is -0.658. The van der Waals surface area contributed by atoms with Crippen molar-refractivity contribution in [1.29, 1.82) is 0 Å². The van der Waals surface area contributed by atoms with Gasteiger partial charge < -0.3 is 40.2 Å². The molecule has 2 aromatic carbocycles. The Morgan fingerprint density at radius 1 is 0.814 bits per heavy atom. The molecule has 13 heteroatoms. The number of allylic oxidation sites excluding steroid dienone is 2. The third-order valence-corrected chi connectivity index (χ3v) is 7.72. The number of alkyl carbamates (subject to hydrolysis) is 1. The van der Waals surface area contributed by atoms with Crippen molar-refractivity contribution in [3.8, 4) is 23.7 Å². The van der Waals surface area contributed by atoms with E-state index in [1.165, 1.54) is 20.0 Å². The van der Waals surface area contributed by atoms with Crippen molar-refractivity contribution in [2.75, 3.05) is 54.0 Å². The maximum atomic E-state index is 13.0. The number of aliphatic imine (C=N–C) groups is 1. The Bertz CT molecular complexity index is 1940. The summed E-state index contributed by atoms with van der Waals surface area (Å²) in [4.78, 5) is 52.2. The summed E-state index contributed by atoms with van der Waals surface area (Å²) in [6, 6.07) is 11.8. The summed E-state index contributed by atoms with van der Waals surface area (Å²) in [5.41, 5.74) is 2.91. The van der Waals surface area contributed by atoms with Crippen molar-refractivity contribution < 1.29 is 23.9 Å². The van der Waals surface area contributed by atoms with E-state index < -0.39 is 6.09 Å². The molecule has 59 heavy (non-hydrogen) atoms. The van der Waals surface area contributed by atoms with E-state index in [4.69, 9.17) is 4.74 Å². The van der Waals surface area contributed by atoms with E-state index in [1.54, 1.807) is 42.6 Å². The molecule has 0 aliphatic heterocycles. The number of fused-ring (bicyclic) bond motifs is 1. The summed E-state index contributed by atoms with van der Waals surface area (Å²) in [5.74, 6) is 13.8. The average molecular weight is 811 g/mol. The average Bonchev–Trinajstić information content (AvgIpc) is 3.70. The van der Waals surface area contributed by atoms with Gasteiger partial charge in [-0.05, 0) is 60.1 Å². The number of hydrogen-bond acceptors (Lipinski definition) is 9. The number of amides is 3. The van der Waals surface area contributed by atoms with Crippen LogP contribution in [0.3, 0.4) is 0 Å². The molecule has 3 amide bonds. The summed E-state index contributed by atoms with van der Waals surface area (Å²) < 4.78 is 9.81. The SMILES string of the molecule is CC/C=C(/NCC(=O)N(CCC)Cc1ncc(C#Cc2cccc3c(C#C/C(=C/N=CCN(CCC)C(=O)CNC(=O)OC)NC)cccc23)[nH]1)OC.CCC.CCC. The first-order valence-electron chi connectivity index (χ1n) is 20.4. The van der Waals surface area contributed by atoms with Gasteiger partial charge in [0.25, 0.3) is 0 Å². The third-order valence-electron chi connectivity index (χ3n) is 7.72. The van der Waals surface area contributed by atoms with Gasteiger partial charge in [0.05, 0.1) is 46.3 Å². The number of aromatic amines is 1. The fourth-order valence-corrected chi connectivity index (χ4v) is 5.09. The number of carbonyl (C=O) groups is 3. The summed E-state index contributed by atoms with van der Waals surface area (Å²) in [6.07, 6.45) is 11.0. The van der Waals surface area contributed by atoms with Crippen molar-refractivity contribution in [3.05, 3.63) is 89.1 Å². The highest BCUT2D eigenvalue weighted by Crippen LogP contribution is 2.22. The van der Waals surface area contributed by atoms with Crippen LogP contribution >= 0.6 is 0 Å². The van der Waals surface area contributed by atoms with Crippen molar-refractivity contribution in [2.24, 2.45) is 4.99 Å². The van der Waals surface area contributed by atoms with E-state index >= 15 is 0 Å². The van der Waals surface area contributed by atoms with Gasteiger partial charge in [-0.2, -0.15) is 0 Å². The largest absolute Gasteiger partial charge is 0.483 e. The lowest BCUT2D eigenvalue weighted by atomic mass is 10.0. The number of aromatic nitrogens is 2. The molecule has 3 rings (SSSR count). The second-order valence-corrected chi connectivity index (χ2v) is 13.0. The molecule has 0 unspecified atom stereocenters. The number of nitrogens with zero attached hydrogens (tertiary/aromatic N) is 4. The monoisotopic (exact) mass is 811 g/mol. The number of ether oxygens (including phenoxy) is 2. The second kappa shape index (κ2) is 30.9. The minimum Gasteiger partial charge on any atom is -0.483 e. The van der Waals surface area contributed by atoms with Crippen LogP contribution in [0.25, 0.3) is 10.8 Å². The van der Waals surface area contributed by atoms with E-state index in [9.17, 15) is 14.4 Å². The van der Waals surface area contributed by atoms with Gasteiger partial charge in [-0.15, -0.1) is 0 Å². The lowest BCUT2D eigenvalue weighted by Crippen LogP contribution is -2.41. The van der Waals surface area contributed by atoms with Crippen LogP contribution in [0.1, 0.15) is 103 Å². The molecule has 13 nitrogen and oxygen atoms in total. The normalized spacial score (nSPS) is 10.7. The molecule has 0 saturated heterocycles. The molecule has 320 valence electrons. The zero-order chi connectivity index (χ0) is 43.8. The van der Waals surface area contributed by atoms with E-state index in [1.807, 2.05) is 63.2 Å². The Kier molecular flexibility index (Phi) is 26.6. The number of nitrogens with one attached hydrogen (secondary N) is 4. The predicted molar refractivity (Wildman–Crippen MR) is 239 cm³/mol. The van der Waals surface area contributed by atoms with E-state index in [2.05, 4.69) is 87.0 Å². The van der Waals surface area contributed by atoms with Crippen molar-refractivity contribution in [3.63, 3.8) is 0 Å². The molecule has 0 radical (unpaired) electrons. The number of methoxy groups -OCH3 is 2. The van der Waals surface area contributed by atoms with Gasteiger partial charge in [0.2, 0.25) is 11.8 Å². The first-order chi connectivity index (χ1) is 28.6. The van der Waals surface area contributed by atoms with Crippen LogP contribution in [0.15, 0.2) is 71.4 Å². The van der Waals surface area contributed by atoms with Gasteiger partial charge in [0, 0.05) is 37.5 Å². The molecule has 3 aromatic rings. The first kappa shape index (κ1) is 50.8. The zero-order valence-corrected chi connectivity index (χ0v) is 36.9. The van der Waals surface area contributed by atoms with Gasteiger partial charge in [-0.1, -0.05) is 97.4 Å². The molecule has 1 heterocycles. The molecular formula is C46H66N8O5. The number of benzene rings is 2. The Hall–Kier alpha value is -6.21. The Balaban J connectivity index is 0.00000273.